The third-order valence-corrected chi connectivity index (χ3v) is 8.82. The standard InChI is InChI=1S/C26H40N4O/c31-19-11-17-28(18-12-19)13-5-14-29-15-6-16-30-23-10-4-2-8-21(23)24-26(30)25(29)20-7-1-3-9-22(20)27-24/h19,21,23,31H,1-18H2. The molecule has 1 N–H and O–H groups in total. The Balaban J connectivity index is 1.29. The predicted molar refractivity (Wildman–Crippen MR) is 126 cm³/mol. The first-order valence-corrected chi connectivity index (χ1v) is 13.3. The highest BCUT2D eigenvalue weighted by atomic mass is 16.3. The van der Waals surface area contributed by atoms with E-state index in [-0.39, 0.29) is 6.10 Å². The van der Waals surface area contributed by atoms with Crippen molar-refractivity contribution in [3.63, 3.8) is 0 Å². The summed E-state index contributed by atoms with van der Waals surface area (Å²) in [7, 11) is 0. The van der Waals surface area contributed by atoms with Crippen molar-refractivity contribution in [1.82, 2.24) is 9.88 Å². The van der Waals surface area contributed by atoms with Crippen molar-refractivity contribution in [2.75, 3.05) is 49.1 Å². The van der Waals surface area contributed by atoms with E-state index < -0.39 is 0 Å². The Morgan fingerprint density at radius 1 is 0.806 bits per heavy atom. The zero-order chi connectivity index (χ0) is 20.8. The highest BCUT2D eigenvalue weighted by Crippen LogP contribution is 2.53. The van der Waals surface area contributed by atoms with Gasteiger partial charge in [0.1, 0.15) is 0 Å². The van der Waals surface area contributed by atoms with Gasteiger partial charge in [-0.05, 0) is 76.3 Å². The highest BCUT2D eigenvalue weighted by molar-refractivity contribution is 5.82. The molecule has 0 aromatic carbocycles. The van der Waals surface area contributed by atoms with Crippen LogP contribution in [-0.4, -0.2) is 66.4 Å². The van der Waals surface area contributed by atoms with Crippen LogP contribution in [0.2, 0.25) is 0 Å². The number of hydrogen-bond donors (Lipinski definition) is 1. The summed E-state index contributed by atoms with van der Waals surface area (Å²) in [5, 5.41) is 9.81. The lowest BCUT2D eigenvalue weighted by Gasteiger charge is -2.33. The summed E-state index contributed by atoms with van der Waals surface area (Å²) >= 11 is 0. The predicted octanol–water partition coefficient (Wildman–Crippen LogP) is 3.86. The minimum absolute atomic E-state index is 0.0673. The van der Waals surface area contributed by atoms with E-state index in [1.165, 1.54) is 102 Å². The molecule has 0 bridgehead atoms. The third kappa shape index (κ3) is 3.66. The van der Waals surface area contributed by atoms with Gasteiger partial charge >= 0.3 is 0 Å². The molecule has 2 fully saturated rings. The molecule has 4 heterocycles. The molecule has 1 saturated carbocycles. The number of pyridine rings is 1. The summed E-state index contributed by atoms with van der Waals surface area (Å²) in [5.41, 5.74) is 7.72. The molecule has 5 nitrogen and oxygen atoms in total. The fourth-order valence-electron chi connectivity index (χ4n) is 7.25. The summed E-state index contributed by atoms with van der Waals surface area (Å²) < 4.78 is 0. The highest BCUT2D eigenvalue weighted by Gasteiger charge is 2.45. The number of likely N-dealkylation sites (tertiary alicyclic amines) is 1. The maximum atomic E-state index is 9.81. The van der Waals surface area contributed by atoms with Crippen LogP contribution in [0.3, 0.4) is 0 Å². The molecule has 2 atom stereocenters. The van der Waals surface area contributed by atoms with Crippen LogP contribution in [0, 0.1) is 0 Å². The molecule has 170 valence electrons. The molecule has 2 unspecified atom stereocenters. The minimum atomic E-state index is -0.0673. The number of rotatable bonds is 4. The van der Waals surface area contributed by atoms with E-state index in [9.17, 15) is 5.11 Å². The van der Waals surface area contributed by atoms with Crippen LogP contribution in [0.5, 0.6) is 0 Å². The van der Waals surface area contributed by atoms with Crippen molar-refractivity contribution in [2.24, 2.45) is 0 Å². The summed E-state index contributed by atoms with van der Waals surface area (Å²) in [5.74, 6) is 0.689. The Hall–Kier alpha value is -1.33. The summed E-state index contributed by atoms with van der Waals surface area (Å²) in [6.07, 6.45) is 14.9. The number of fused-ring (bicyclic) bond motifs is 5. The lowest BCUT2D eigenvalue weighted by atomic mass is 9.83. The number of nitrogens with zero attached hydrogens (tertiary/aromatic N) is 4. The number of piperidine rings is 1. The fourth-order valence-corrected chi connectivity index (χ4v) is 7.25. The first-order chi connectivity index (χ1) is 15.3. The van der Waals surface area contributed by atoms with Gasteiger partial charge in [0.05, 0.1) is 23.2 Å². The first-order valence-electron chi connectivity index (χ1n) is 13.3. The second-order valence-corrected chi connectivity index (χ2v) is 10.7. The molecule has 1 aromatic heterocycles. The van der Waals surface area contributed by atoms with Crippen LogP contribution < -0.4 is 9.80 Å². The van der Waals surface area contributed by atoms with Gasteiger partial charge in [-0.3, -0.25) is 4.98 Å². The average Bonchev–Trinajstić information content (AvgIpc) is 2.98. The molecule has 1 saturated heterocycles. The van der Waals surface area contributed by atoms with Gasteiger partial charge in [0.25, 0.3) is 0 Å². The van der Waals surface area contributed by atoms with E-state index in [2.05, 4.69) is 14.7 Å². The van der Waals surface area contributed by atoms with Crippen molar-refractivity contribution in [2.45, 2.75) is 95.1 Å². The molecule has 5 heteroatoms. The largest absolute Gasteiger partial charge is 0.393 e. The number of aliphatic hydroxyl groups excluding tert-OH is 1. The van der Waals surface area contributed by atoms with E-state index >= 15 is 0 Å². The second kappa shape index (κ2) is 8.55. The van der Waals surface area contributed by atoms with Gasteiger partial charge < -0.3 is 19.8 Å². The van der Waals surface area contributed by atoms with Gasteiger partial charge in [0.2, 0.25) is 0 Å². The molecular weight excluding hydrogens is 384 g/mol. The smallest absolute Gasteiger partial charge is 0.0832 e. The van der Waals surface area contributed by atoms with E-state index in [1.807, 2.05) is 0 Å². The Kier molecular flexibility index (Phi) is 5.60. The maximum absolute atomic E-state index is 9.81. The Morgan fingerprint density at radius 2 is 1.65 bits per heavy atom. The molecule has 0 spiro atoms. The summed E-state index contributed by atoms with van der Waals surface area (Å²) in [4.78, 5) is 13.6. The van der Waals surface area contributed by atoms with Crippen LogP contribution in [0.4, 0.5) is 11.4 Å². The molecule has 5 aliphatic rings. The van der Waals surface area contributed by atoms with E-state index in [0.29, 0.717) is 5.92 Å². The molecule has 1 aromatic rings. The summed E-state index contributed by atoms with van der Waals surface area (Å²) in [6, 6.07) is 0.721. The van der Waals surface area contributed by atoms with Crippen LogP contribution in [0.1, 0.15) is 87.1 Å². The summed E-state index contributed by atoms with van der Waals surface area (Å²) in [6.45, 7) is 6.91. The molecule has 0 amide bonds. The molecule has 2 aliphatic carbocycles. The Morgan fingerprint density at radius 3 is 2.55 bits per heavy atom. The molecule has 6 rings (SSSR count). The fraction of sp³-hybridized carbons (Fsp3) is 0.808. The van der Waals surface area contributed by atoms with Crippen molar-refractivity contribution in [3.05, 3.63) is 17.0 Å². The van der Waals surface area contributed by atoms with Crippen molar-refractivity contribution in [3.8, 4) is 0 Å². The van der Waals surface area contributed by atoms with E-state index in [1.54, 1.807) is 16.9 Å². The Bertz CT molecular complexity index is 803. The van der Waals surface area contributed by atoms with Gasteiger partial charge in [0.15, 0.2) is 0 Å². The second-order valence-electron chi connectivity index (χ2n) is 10.7. The number of aryl methyl sites for hydroxylation is 1. The normalized spacial score (nSPS) is 28.8. The van der Waals surface area contributed by atoms with Crippen molar-refractivity contribution in [1.29, 1.82) is 0 Å². The molecule has 0 radical (unpaired) electrons. The molecule has 3 aliphatic heterocycles. The third-order valence-electron chi connectivity index (χ3n) is 8.82. The van der Waals surface area contributed by atoms with Gasteiger partial charge in [-0.1, -0.05) is 12.8 Å². The number of anilines is 2. The van der Waals surface area contributed by atoms with E-state index in [4.69, 9.17) is 4.98 Å². The minimum Gasteiger partial charge on any atom is -0.393 e. The SMILES string of the molecule is OC1CCN(CCCN2CCCN3c4c(nc5c(c42)CCCC5)C2CCCCC23)CC1. The van der Waals surface area contributed by atoms with Crippen LogP contribution in [-0.2, 0) is 12.8 Å². The average molecular weight is 425 g/mol. The van der Waals surface area contributed by atoms with Crippen LogP contribution in [0.15, 0.2) is 0 Å². The first kappa shape index (κ1) is 20.3. The van der Waals surface area contributed by atoms with Crippen LogP contribution in [0.25, 0.3) is 0 Å². The van der Waals surface area contributed by atoms with E-state index in [0.717, 1.165) is 32.0 Å². The lowest BCUT2D eigenvalue weighted by Crippen LogP contribution is -2.38. The van der Waals surface area contributed by atoms with Crippen molar-refractivity contribution >= 4 is 11.4 Å². The number of aromatic nitrogens is 1. The maximum Gasteiger partial charge on any atom is 0.0832 e. The van der Waals surface area contributed by atoms with Gasteiger partial charge in [-0.15, -0.1) is 0 Å². The quantitative estimate of drug-likeness (QED) is 0.795. The zero-order valence-corrected chi connectivity index (χ0v) is 19.2. The molecule has 31 heavy (non-hydrogen) atoms. The number of aliphatic hydroxyl groups is 1. The lowest BCUT2D eigenvalue weighted by molar-refractivity contribution is 0.0823. The van der Waals surface area contributed by atoms with Crippen molar-refractivity contribution < 1.29 is 5.11 Å². The van der Waals surface area contributed by atoms with Crippen LogP contribution >= 0.6 is 0 Å². The zero-order valence-electron chi connectivity index (χ0n) is 19.2. The van der Waals surface area contributed by atoms with Gasteiger partial charge in [-0.2, -0.15) is 0 Å². The van der Waals surface area contributed by atoms with Gasteiger partial charge in [-0.25, -0.2) is 0 Å². The monoisotopic (exact) mass is 424 g/mol. The topological polar surface area (TPSA) is 42.8 Å². The number of hydrogen-bond acceptors (Lipinski definition) is 5. The molecular formula is C26H40N4O. The Labute approximate surface area is 187 Å². The van der Waals surface area contributed by atoms with Gasteiger partial charge in [0, 0.05) is 50.4 Å².